The lowest BCUT2D eigenvalue weighted by atomic mass is 9.99. The Morgan fingerprint density at radius 3 is 2.17 bits per heavy atom. The fourth-order valence-electron chi connectivity index (χ4n) is 4.01. The maximum Gasteiger partial charge on any atom is 0.416 e. The van der Waals surface area contributed by atoms with Crippen molar-refractivity contribution in [2.75, 3.05) is 38.0 Å². The first-order chi connectivity index (χ1) is 19.3. The predicted molar refractivity (Wildman–Crippen MR) is 147 cm³/mol. The Bertz CT molecular complexity index is 1130. The van der Waals surface area contributed by atoms with E-state index >= 15 is 0 Å². The number of nitrogens with one attached hydrogen (secondary N) is 2. The zero-order valence-corrected chi connectivity index (χ0v) is 23.4. The lowest BCUT2D eigenvalue weighted by Crippen LogP contribution is -2.47. The van der Waals surface area contributed by atoms with Crippen LogP contribution in [-0.2, 0) is 15.8 Å². The Balaban J connectivity index is 2.24. The van der Waals surface area contributed by atoms with Crippen molar-refractivity contribution in [1.82, 2.24) is 10.2 Å². The Labute approximate surface area is 237 Å². The molecule has 0 fully saturated rings. The quantitative estimate of drug-likeness (QED) is 0.202. The van der Waals surface area contributed by atoms with Gasteiger partial charge in [0, 0.05) is 56.8 Å². The summed E-state index contributed by atoms with van der Waals surface area (Å²) in [5.41, 5.74) is 10.8. The molecule has 2 rings (SSSR count). The fraction of sp³-hybridized carbons (Fsp3) is 0.500. The van der Waals surface area contributed by atoms with Gasteiger partial charge in [-0.25, -0.2) is 4.39 Å². The van der Waals surface area contributed by atoms with Gasteiger partial charge < -0.3 is 36.8 Å². The number of halogens is 4. The minimum Gasteiger partial charge on any atom is -0.488 e. The second kappa shape index (κ2) is 15.5. The topological polar surface area (TPSA) is 143 Å². The van der Waals surface area contributed by atoms with E-state index in [0.717, 1.165) is 24.3 Å². The van der Waals surface area contributed by atoms with E-state index in [4.69, 9.17) is 16.2 Å². The third-order valence-electron chi connectivity index (χ3n) is 6.19. The number of amides is 2. The largest absolute Gasteiger partial charge is 0.488 e. The summed E-state index contributed by atoms with van der Waals surface area (Å²) in [5, 5.41) is 16.8. The lowest BCUT2D eigenvalue weighted by molar-refractivity contribution is -0.137. The molecular weight excluding hydrogens is 546 g/mol. The SMILES string of the molecule is CC(C)Oc1cc(NCC(NC(=O)C(C)CC(=O)N(CCN)CCN)C(O)c2ccc(C(F)(F)F)cc2)ccc1F. The molecule has 0 aromatic heterocycles. The molecule has 41 heavy (non-hydrogen) atoms. The van der Waals surface area contributed by atoms with Gasteiger partial charge in [0.25, 0.3) is 0 Å². The van der Waals surface area contributed by atoms with Gasteiger partial charge in [-0.15, -0.1) is 0 Å². The molecule has 0 bridgehead atoms. The monoisotopic (exact) mass is 585 g/mol. The molecule has 9 nitrogen and oxygen atoms in total. The Morgan fingerprint density at radius 2 is 1.63 bits per heavy atom. The van der Waals surface area contributed by atoms with E-state index < -0.39 is 41.5 Å². The number of anilines is 1. The normalized spacial score (nSPS) is 13.8. The summed E-state index contributed by atoms with van der Waals surface area (Å²) in [4.78, 5) is 27.2. The number of hydrogen-bond acceptors (Lipinski definition) is 7. The summed E-state index contributed by atoms with van der Waals surface area (Å²) < 4.78 is 58.7. The van der Waals surface area contributed by atoms with Gasteiger partial charge in [-0.05, 0) is 43.7 Å². The molecule has 0 heterocycles. The number of alkyl halides is 3. The molecule has 3 atom stereocenters. The molecule has 0 aliphatic carbocycles. The van der Waals surface area contributed by atoms with Gasteiger partial charge in [0.15, 0.2) is 11.6 Å². The van der Waals surface area contributed by atoms with Crippen LogP contribution in [-0.4, -0.2) is 66.7 Å². The Hall–Kier alpha value is -3.42. The van der Waals surface area contributed by atoms with Crippen LogP contribution in [0.1, 0.15) is 44.4 Å². The van der Waals surface area contributed by atoms with E-state index in [0.29, 0.717) is 5.69 Å². The molecule has 2 aromatic rings. The van der Waals surface area contributed by atoms with Gasteiger partial charge in [-0.1, -0.05) is 19.1 Å². The van der Waals surface area contributed by atoms with Crippen molar-refractivity contribution in [2.45, 2.75) is 51.6 Å². The van der Waals surface area contributed by atoms with Crippen molar-refractivity contribution < 1.29 is 37.0 Å². The molecule has 3 unspecified atom stereocenters. The summed E-state index contributed by atoms with van der Waals surface area (Å²) in [6.07, 6.45) is -6.41. The van der Waals surface area contributed by atoms with Crippen molar-refractivity contribution >= 4 is 17.5 Å². The first kappa shape index (κ1) is 33.8. The first-order valence-electron chi connectivity index (χ1n) is 13.3. The van der Waals surface area contributed by atoms with Crippen LogP contribution >= 0.6 is 0 Å². The molecule has 0 spiro atoms. The average Bonchev–Trinajstić information content (AvgIpc) is 2.91. The number of hydrogen-bond donors (Lipinski definition) is 5. The van der Waals surface area contributed by atoms with Gasteiger partial charge in [-0.2, -0.15) is 13.2 Å². The number of carbonyl (C=O) groups excluding carboxylic acids is 2. The van der Waals surface area contributed by atoms with E-state index in [1.165, 1.54) is 23.1 Å². The maximum absolute atomic E-state index is 14.1. The van der Waals surface area contributed by atoms with Crippen molar-refractivity contribution in [3.05, 3.63) is 59.4 Å². The standard InChI is InChI=1S/C28H39F4N5O4/c1-17(2)41-24-15-21(8-9-22(24)29)35-16-23(26(39)19-4-6-20(7-5-19)28(30,31)32)36-27(40)18(3)14-25(38)37(12-10-33)13-11-34/h4-9,15,17-18,23,26,35,39H,10-14,16,33-34H2,1-3H3,(H,36,40). The van der Waals surface area contributed by atoms with Gasteiger partial charge in [0.05, 0.1) is 17.7 Å². The molecule has 0 aliphatic rings. The highest BCUT2D eigenvalue weighted by Gasteiger charge is 2.31. The molecule has 2 aromatic carbocycles. The van der Waals surface area contributed by atoms with Gasteiger partial charge in [0.2, 0.25) is 11.8 Å². The van der Waals surface area contributed by atoms with Crippen LogP contribution in [0.3, 0.4) is 0 Å². The molecule has 13 heteroatoms. The summed E-state index contributed by atoms with van der Waals surface area (Å²) in [5.74, 6) is -2.25. The fourth-order valence-corrected chi connectivity index (χ4v) is 4.01. The van der Waals surface area contributed by atoms with E-state index in [1.54, 1.807) is 20.8 Å². The summed E-state index contributed by atoms with van der Waals surface area (Å²) in [6.45, 7) is 5.95. The third kappa shape index (κ3) is 10.5. The van der Waals surface area contributed by atoms with Crippen LogP contribution in [0.2, 0.25) is 0 Å². The number of aliphatic hydroxyl groups is 1. The predicted octanol–water partition coefficient (Wildman–Crippen LogP) is 3.03. The zero-order valence-electron chi connectivity index (χ0n) is 23.4. The molecular formula is C28H39F4N5O4. The van der Waals surface area contributed by atoms with Crippen molar-refractivity contribution in [3.63, 3.8) is 0 Å². The van der Waals surface area contributed by atoms with Crippen LogP contribution in [0.5, 0.6) is 5.75 Å². The molecule has 0 saturated heterocycles. The first-order valence-corrected chi connectivity index (χ1v) is 13.3. The van der Waals surface area contributed by atoms with Gasteiger partial charge >= 0.3 is 6.18 Å². The van der Waals surface area contributed by atoms with Crippen LogP contribution < -0.4 is 26.8 Å². The maximum atomic E-state index is 14.1. The van der Waals surface area contributed by atoms with Crippen LogP contribution in [0.25, 0.3) is 0 Å². The highest BCUT2D eigenvalue weighted by molar-refractivity contribution is 5.85. The second-order valence-corrected chi connectivity index (χ2v) is 9.94. The Morgan fingerprint density at radius 1 is 1.02 bits per heavy atom. The van der Waals surface area contributed by atoms with Gasteiger partial charge in [-0.3, -0.25) is 9.59 Å². The number of rotatable bonds is 15. The zero-order chi connectivity index (χ0) is 30.7. The summed E-state index contributed by atoms with van der Waals surface area (Å²) in [6, 6.07) is 6.95. The minimum atomic E-state index is -4.55. The molecule has 0 aliphatic heterocycles. The molecule has 0 radical (unpaired) electrons. The van der Waals surface area contributed by atoms with E-state index in [9.17, 15) is 32.3 Å². The van der Waals surface area contributed by atoms with E-state index in [1.807, 2.05) is 0 Å². The average molecular weight is 586 g/mol. The summed E-state index contributed by atoms with van der Waals surface area (Å²) >= 11 is 0. The van der Waals surface area contributed by atoms with Crippen molar-refractivity contribution in [2.24, 2.45) is 17.4 Å². The number of nitrogens with two attached hydrogens (primary N) is 2. The lowest BCUT2D eigenvalue weighted by Gasteiger charge is -2.28. The molecule has 0 saturated carbocycles. The molecule has 2 amide bonds. The third-order valence-corrected chi connectivity index (χ3v) is 6.19. The van der Waals surface area contributed by atoms with E-state index in [2.05, 4.69) is 10.6 Å². The van der Waals surface area contributed by atoms with Crippen LogP contribution in [0, 0.1) is 11.7 Å². The number of nitrogens with zero attached hydrogens (tertiary/aromatic N) is 1. The number of ether oxygens (including phenoxy) is 1. The van der Waals surface area contributed by atoms with Gasteiger partial charge in [0.1, 0.15) is 6.10 Å². The van der Waals surface area contributed by atoms with Crippen molar-refractivity contribution in [1.29, 1.82) is 0 Å². The molecule has 7 N–H and O–H groups in total. The highest BCUT2D eigenvalue weighted by Crippen LogP contribution is 2.30. The number of benzene rings is 2. The van der Waals surface area contributed by atoms with E-state index in [-0.39, 0.29) is 62.5 Å². The summed E-state index contributed by atoms with van der Waals surface area (Å²) in [7, 11) is 0. The molecule has 228 valence electrons. The second-order valence-electron chi connectivity index (χ2n) is 9.94. The number of aliphatic hydroxyl groups excluding tert-OH is 1. The minimum absolute atomic E-state index is 0.000482. The Kier molecular flexibility index (Phi) is 12.8. The van der Waals surface area contributed by atoms with Crippen LogP contribution in [0.4, 0.5) is 23.2 Å². The smallest absolute Gasteiger partial charge is 0.416 e. The van der Waals surface area contributed by atoms with Crippen LogP contribution in [0.15, 0.2) is 42.5 Å². The highest BCUT2D eigenvalue weighted by atomic mass is 19.4. The van der Waals surface area contributed by atoms with Crippen molar-refractivity contribution in [3.8, 4) is 5.75 Å². The number of carbonyl (C=O) groups is 2.